The minimum atomic E-state index is -0.651. The van der Waals surface area contributed by atoms with Crippen molar-refractivity contribution in [3.8, 4) is 0 Å². The summed E-state index contributed by atoms with van der Waals surface area (Å²) in [5.41, 5.74) is 7.30. The third-order valence-corrected chi connectivity index (χ3v) is 4.23. The van der Waals surface area contributed by atoms with Crippen LogP contribution in [0.3, 0.4) is 0 Å². The first-order valence-electron chi connectivity index (χ1n) is 6.37. The van der Waals surface area contributed by atoms with E-state index < -0.39 is 5.60 Å². The van der Waals surface area contributed by atoms with Crippen LogP contribution < -0.4 is 5.73 Å². The zero-order valence-electron chi connectivity index (χ0n) is 11.2. The fourth-order valence-corrected chi connectivity index (χ4v) is 2.76. The van der Waals surface area contributed by atoms with Crippen molar-refractivity contribution in [3.05, 3.63) is 27.7 Å². The zero-order chi connectivity index (χ0) is 14.2. The van der Waals surface area contributed by atoms with Gasteiger partial charge in [0, 0.05) is 28.8 Å². The van der Waals surface area contributed by atoms with Gasteiger partial charge in [0.05, 0.1) is 5.60 Å². The summed E-state index contributed by atoms with van der Waals surface area (Å²) in [6.07, 6.45) is 1.22. The van der Waals surface area contributed by atoms with E-state index in [-0.39, 0.29) is 5.91 Å². The molecule has 1 aliphatic heterocycles. The SMILES string of the molecule is Cc1c(N)cc(Br)cc1C(=O)N1CCC(C)(O)CC1. The molecular weight excluding hydrogens is 308 g/mol. The maximum absolute atomic E-state index is 12.5. The number of aliphatic hydroxyl groups is 1. The van der Waals surface area contributed by atoms with Crippen molar-refractivity contribution < 1.29 is 9.90 Å². The molecule has 1 aliphatic rings. The van der Waals surface area contributed by atoms with E-state index in [9.17, 15) is 9.90 Å². The fourth-order valence-electron chi connectivity index (χ4n) is 2.28. The van der Waals surface area contributed by atoms with E-state index in [1.165, 1.54) is 0 Å². The molecule has 19 heavy (non-hydrogen) atoms. The van der Waals surface area contributed by atoms with Crippen LogP contribution in [0.4, 0.5) is 5.69 Å². The summed E-state index contributed by atoms with van der Waals surface area (Å²) in [7, 11) is 0. The van der Waals surface area contributed by atoms with Crippen LogP contribution in [-0.4, -0.2) is 34.6 Å². The number of nitrogens with two attached hydrogens (primary N) is 1. The molecule has 0 bridgehead atoms. The second-order valence-corrected chi connectivity index (χ2v) is 6.37. The molecule has 0 saturated carbocycles. The van der Waals surface area contributed by atoms with E-state index in [1.807, 2.05) is 13.8 Å². The number of anilines is 1. The molecule has 1 amide bonds. The Bertz CT molecular complexity index is 504. The summed E-state index contributed by atoms with van der Waals surface area (Å²) in [5, 5.41) is 9.92. The summed E-state index contributed by atoms with van der Waals surface area (Å²) in [6, 6.07) is 3.61. The normalized spacial score (nSPS) is 18.4. The Morgan fingerprint density at radius 3 is 2.58 bits per heavy atom. The minimum Gasteiger partial charge on any atom is -0.398 e. The summed E-state index contributed by atoms with van der Waals surface area (Å²) >= 11 is 3.37. The molecule has 104 valence electrons. The monoisotopic (exact) mass is 326 g/mol. The Balaban J connectivity index is 2.21. The summed E-state index contributed by atoms with van der Waals surface area (Å²) in [4.78, 5) is 14.3. The number of amides is 1. The van der Waals surface area contributed by atoms with Gasteiger partial charge in [-0.05, 0) is 44.4 Å². The number of carbonyl (C=O) groups excluding carboxylic acids is 1. The topological polar surface area (TPSA) is 66.6 Å². The number of nitrogens with zero attached hydrogens (tertiary/aromatic N) is 1. The van der Waals surface area contributed by atoms with Crippen LogP contribution in [0.2, 0.25) is 0 Å². The zero-order valence-corrected chi connectivity index (χ0v) is 12.8. The number of likely N-dealkylation sites (tertiary alicyclic amines) is 1. The number of carbonyl (C=O) groups is 1. The number of piperidine rings is 1. The van der Waals surface area contributed by atoms with Crippen molar-refractivity contribution in [1.82, 2.24) is 4.90 Å². The predicted octanol–water partition coefficient (Wildman–Crippen LogP) is 2.33. The Hall–Kier alpha value is -1.07. The second-order valence-electron chi connectivity index (χ2n) is 5.46. The van der Waals surface area contributed by atoms with E-state index in [1.54, 1.807) is 17.0 Å². The first-order chi connectivity index (χ1) is 8.80. The largest absolute Gasteiger partial charge is 0.398 e. The first-order valence-corrected chi connectivity index (χ1v) is 7.17. The standard InChI is InChI=1S/C14H19BrN2O2/c1-9-11(7-10(15)8-12(9)16)13(18)17-5-3-14(2,19)4-6-17/h7-8,19H,3-6,16H2,1-2H3. The molecule has 1 aromatic carbocycles. The fraction of sp³-hybridized carbons (Fsp3) is 0.500. The lowest BCUT2D eigenvalue weighted by Crippen LogP contribution is -2.45. The Labute approximate surface area is 121 Å². The second kappa shape index (κ2) is 5.13. The van der Waals surface area contributed by atoms with Crippen molar-refractivity contribution in [2.75, 3.05) is 18.8 Å². The smallest absolute Gasteiger partial charge is 0.254 e. The molecule has 0 aliphatic carbocycles. The lowest BCUT2D eigenvalue weighted by molar-refractivity contribution is -0.00204. The molecule has 0 radical (unpaired) electrons. The number of nitrogen functional groups attached to an aromatic ring is 1. The van der Waals surface area contributed by atoms with Crippen LogP contribution in [0.25, 0.3) is 0 Å². The number of rotatable bonds is 1. The number of benzene rings is 1. The highest BCUT2D eigenvalue weighted by molar-refractivity contribution is 9.10. The van der Waals surface area contributed by atoms with Gasteiger partial charge in [-0.15, -0.1) is 0 Å². The molecule has 1 fully saturated rings. The van der Waals surface area contributed by atoms with Gasteiger partial charge < -0.3 is 15.7 Å². The van der Waals surface area contributed by atoms with Gasteiger partial charge in [0.2, 0.25) is 0 Å². The summed E-state index contributed by atoms with van der Waals surface area (Å²) < 4.78 is 0.808. The van der Waals surface area contributed by atoms with Gasteiger partial charge in [-0.2, -0.15) is 0 Å². The van der Waals surface area contributed by atoms with E-state index >= 15 is 0 Å². The molecule has 0 atom stereocenters. The Kier molecular flexibility index (Phi) is 3.87. The van der Waals surface area contributed by atoms with Crippen LogP contribution in [0.15, 0.2) is 16.6 Å². The maximum atomic E-state index is 12.5. The molecule has 0 aromatic heterocycles. The third kappa shape index (κ3) is 3.09. The third-order valence-electron chi connectivity index (χ3n) is 3.77. The highest BCUT2D eigenvalue weighted by atomic mass is 79.9. The van der Waals surface area contributed by atoms with E-state index in [0.717, 1.165) is 10.0 Å². The van der Waals surface area contributed by atoms with Crippen LogP contribution in [-0.2, 0) is 0 Å². The lowest BCUT2D eigenvalue weighted by atomic mass is 9.93. The highest BCUT2D eigenvalue weighted by Gasteiger charge is 2.30. The average molecular weight is 327 g/mol. The van der Waals surface area contributed by atoms with Gasteiger partial charge >= 0.3 is 0 Å². The van der Waals surface area contributed by atoms with Gasteiger partial charge in [-0.3, -0.25) is 4.79 Å². The molecule has 2 rings (SSSR count). The van der Waals surface area contributed by atoms with Crippen molar-refractivity contribution in [2.24, 2.45) is 0 Å². The van der Waals surface area contributed by atoms with Crippen molar-refractivity contribution in [3.63, 3.8) is 0 Å². The molecule has 5 heteroatoms. The van der Waals surface area contributed by atoms with Crippen molar-refractivity contribution >= 4 is 27.5 Å². The van der Waals surface area contributed by atoms with Crippen LogP contribution in [0.5, 0.6) is 0 Å². The van der Waals surface area contributed by atoms with E-state index in [4.69, 9.17) is 5.73 Å². The summed E-state index contributed by atoms with van der Waals surface area (Å²) in [5.74, 6) is -0.0130. The molecule has 1 aromatic rings. The Morgan fingerprint density at radius 1 is 1.42 bits per heavy atom. The van der Waals surface area contributed by atoms with Gasteiger partial charge in [-0.25, -0.2) is 0 Å². The highest BCUT2D eigenvalue weighted by Crippen LogP contribution is 2.27. The molecule has 1 saturated heterocycles. The molecule has 3 N–H and O–H groups in total. The van der Waals surface area contributed by atoms with Gasteiger partial charge in [0.25, 0.3) is 5.91 Å². The van der Waals surface area contributed by atoms with Gasteiger partial charge in [0.1, 0.15) is 0 Å². The summed E-state index contributed by atoms with van der Waals surface area (Å²) in [6.45, 7) is 4.83. The van der Waals surface area contributed by atoms with Crippen LogP contribution in [0.1, 0.15) is 35.7 Å². The molecule has 0 spiro atoms. The first kappa shape index (κ1) is 14.3. The molecular formula is C14H19BrN2O2. The van der Waals surface area contributed by atoms with Crippen LogP contribution >= 0.6 is 15.9 Å². The lowest BCUT2D eigenvalue weighted by Gasteiger charge is -2.36. The quantitative estimate of drug-likeness (QED) is 0.778. The predicted molar refractivity (Wildman–Crippen MR) is 79.1 cm³/mol. The maximum Gasteiger partial charge on any atom is 0.254 e. The average Bonchev–Trinajstić information content (AvgIpc) is 2.33. The van der Waals surface area contributed by atoms with E-state index in [2.05, 4.69) is 15.9 Å². The number of hydrogen-bond acceptors (Lipinski definition) is 3. The van der Waals surface area contributed by atoms with Gasteiger partial charge in [-0.1, -0.05) is 15.9 Å². The number of hydrogen-bond donors (Lipinski definition) is 2. The minimum absolute atomic E-state index is 0.0130. The molecule has 4 nitrogen and oxygen atoms in total. The number of halogens is 1. The van der Waals surface area contributed by atoms with Gasteiger partial charge in [0.15, 0.2) is 0 Å². The van der Waals surface area contributed by atoms with E-state index in [0.29, 0.717) is 37.2 Å². The van der Waals surface area contributed by atoms with Crippen molar-refractivity contribution in [2.45, 2.75) is 32.3 Å². The molecule has 0 unspecified atom stereocenters. The Morgan fingerprint density at radius 2 is 2.00 bits per heavy atom. The van der Waals surface area contributed by atoms with Crippen molar-refractivity contribution in [1.29, 1.82) is 0 Å². The van der Waals surface area contributed by atoms with Crippen LogP contribution in [0, 0.1) is 6.92 Å². The molecule has 1 heterocycles.